The summed E-state index contributed by atoms with van der Waals surface area (Å²) in [4.78, 5) is 8.53. The Bertz CT molecular complexity index is 884. The van der Waals surface area contributed by atoms with Crippen LogP contribution in [-0.4, -0.2) is 25.5 Å². The summed E-state index contributed by atoms with van der Waals surface area (Å²) in [5.41, 5.74) is -3.26. The highest BCUT2D eigenvalue weighted by Crippen LogP contribution is 2.38. The summed E-state index contributed by atoms with van der Waals surface area (Å²) in [6.07, 6.45) is 0.981. The summed E-state index contributed by atoms with van der Waals surface area (Å²) >= 11 is 0. The molecule has 1 N–H and O–H groups in total. The van der Waals surface area contributed by atoms with E-state index < -0.39 is 42.9 Å². The zero-order chi connectivity index (χ0) is 19.6. The first-order chi connectivity index (χ1) is 12.0. The number of hydrogen-bond acceptors (Lipinski definition) is 6. The summed E-state index contributed by atoms with van der Waals surface area (Å²) in [7, 11) is -4.55. The lowest BCUT2D eigenvalue weighted by Gasteiger charge is -2.14. The van der Waals surface area contributed by atoms with Gasteiger partial charge in [-0.2, -0.15) is 23.4 Å². The Morgan fingerprint density at radius 2 is 1.96 bits per heavy atom. The van der Waals surface area contributed by atoms with Gasteiger partial charge >= 0.3 is 6.18 Å². The molecular weight excluding hydrogens is 377 g/mol. The van der Waals surface area contributed by atoms with E-state index in [0.717, 1.165) is 0 Å². The van der Waals surface area contributed by atoms with E-state index in [1.54, 1.807) is 0 Å². The van der Waals surface area contributed by atoms with Gasteiger partial charge in [0.2, 0.25) is 10.0 Å². The molecule has 0 saturated carbocycles. The molecule has 0 amide bonds. The molecule has 1 aromatic rings. The van der Waals surface area contributed by atoms with Crippen LogP contribution in [0.2, 0.25) is 0 Å². The molecule has 1 aromatic carbocycles. The predicted molar refractivity (Wildman–Crippen MR) is 83.6 cm³/mol. The van der Waals surface area contributed by atoms with E-state index in [-0.39, 0.29) is 19.0 Å². The molecule has 0 fully saturated rings. The smallest absolute Gasteiger partial charge is 0.258 e. The fraction of sp³-hybridized carbons (Fsp3) is 0.429. The number of benzene rings is 1. The lowest BCUT2D eigenvalue weighted by molar-refractivity contribution is -0.385. The first-order valence-electron chi connectivity index (χ1n) is 7.24. The van der Waals surface area contributed by atoms with Gasteiger partial charge in [-0.15, -0.1) is 12.3 Å². The van der Waals surface area contributed by atoms with Crippen molar-refractivity contribution in [1.29, 1.82) is 0 Å². The Morgan fingerprint density at radius 3 is 2.46 bits per heavy atom. The van der Waals surface area contributed by atoms with Gasteiger partial charge in [-0.25, -0.2) is 13.1 Å². The van der Waals surface area contributed by atoms with Crippen LogP contribution in [0.3, 0.4) is 0 Å². The van der Waals surface area contributed by atoms with Gasteiger partial charge in [0.1, 0.15) is 0 Å². The van der Waals surface area contributed by atoms with Crippen molar-refractivity contribution in [1.82, 2.24) is 4.72 Å². The normalized spacial score (nSPS) is 15.5. The van der Waals surface area contributed by atoms with Gasteiger partial charge < -0.3 is 0 Å². The van der Waals surface area contributed by atoms with Crippen molar-refractivity contribution in [3.05, 3.63) is 33.9 Å². The molecule has 140 valence electrons. The van der Waals surface area contributed by atoms with E-state index in [9.17, 15) is 31.7 Å². The van der Waals surface area contributed by atoms with Crippen LogP contribution in [0.4, 0.5) is 18.9 Å². The summed E-state index contributed by atoms with van der Waals surface area (Å²) in [5.74, 6) is 2.40. The number of hydrogen-bond donors (Lipinski definition) is 1. The van der Waals surface area contributed by atoms with E-state index in [1.807, 2.05) is 4.72 Å². The average molecular weight is 390 g/mol. The fourth-order valence-corrected chi connectivity index (χ4v) is 3.46. The third kappa shape index (κ3) is 4.55. The van der Waals surface area contributed by atoms with Gasteiger partial charge in [-0.05, 0) is 6.07 Å². The molecule has 12 heteroatoms. The molecule has 1 heterocycles. The van der Waals surface area contributed by atoms with Crippen LogP contribution in [0.25, 0.3) is 0 Å². The van der Waals surface area contributed by atoms with Crippen LogP contribution in [0, 0.1) is 22.5 Å². The third-order valence-electron chi connectivity index (χ3n) is 3.64. The molecule has 0 saturated heterocycles. The van der Waals surface area contributed by atoms with Crippen molar-refractivity contribution in [3.63, 3.8) is 0 Å². The van der Waals surface area contributed by atoms with E-state index in [2.05, 4.69) is 16.1 Å². The summed E-state index contributed by atoms with van der Waals surface area (Å²) in [6.45, 7) is -0.214. The minimum absolute atomic E-state index is 0.141. The van der Waals surface area contributed by atoms with Gasteiger partial charge in [-0.3, -0.25) is 10.1 Å². The number of non-ortho nitro benzene ring substituents is 1. The van der Waals surface area contributed by atoms with E-state index in [0.29, 0.717) is 25.0 Å². The van der Waals surface area contributed by atoms with Gasteiger partial charge in [0.15, 0.2) is 5.66 Å². The van der Waals surface area contributed by atoms with Crippen LogP contribution in [0.1, 0.15) is 24.8 Å². The molecule has 26 heavy (non-hydrogen) atoms. The maximum Gasteiger partial charge on any atom is 0.417 e. The van der Waals surface area contributed by atoms with Crippen LogP contribution >= 0.6 is 0 Å². The Kier molecular flexibility index (Phi) is 5.33. The minimum Gasteiger partial charge on any atom is -0.258 e. The molecule has 0 spiro atoms. The molecule has 8 nitrogen and oxygen atoms in total. The van der Waals surface area contributed by atoms with Crippen molar-refractivity contribution in [2.24, 2.45) is 10.2 Å². The van der Waals surface area contributed by atoms with Gasteiger partial charge in [0.05, 0.1) is 15.4 Å². The number of terminal acetylenes is 1. The number of nitro groups is 1. The van der Waals surface area contributed by atoms with Crippen LogP contribution in [0.15, 0.2) is 33.3 Å². The van der Waals surface area contributed by atoms with E-state index >= 15 is 0 Å². The Labute approximate surface area is 146 Å². The molecule has 0 aliphatic carbocycles. The van der Waals surface area contributed by atoms with Crippen molar-refractivity contribution >= 4 is 15.7 Å². The highest BCUT2D eigenvalue weighted by molar-refractivity contribution is 7.89. The molecule has 0 radical (unpaired) electrons. The molecule has 1 aliphatic rings. The van der Waals surface area contributed by atoms with Crippen LogP contribution in [-0.2, 0) is 16.2 Å². The molecule has 0 bridgehead atoms. The molecule has 0 atom stereocenters. The van der Waals surface area contributed by atoms with Crippen molar-refractivity contribution in [2.45, 2.75) is 36.0 Å². The number of nitro benzene ring substituents is 1. The molecule has 0 unspecified atom stereocenters. The van der Waals surface area contributed by atoms with Gasteiger partial charge in [0, 0.05) is 37.9 Å². The Hall–Kier alpha value is -2.52. The zero-order valence-electron chi connectivity index (χ0n) is 13.2. The number of nitrogens with zero attached hydrogens (tertiary/aromatic N) is 3. The van der Waals surface area contributed by atoms with Crippen molar-refractivity contribution in [3.8, 4) is 12.3 Å². The minimum atomic E-state index is -5.08. The quantitative estimate of drug-likeness (QED) is 0.418. The number of alkyl halides is 3. The second-order valence-electron chi connectivity index (χ2n) is 5.47. The van der Waals surface area contributed by atoms with Crippen molar-refractivity contribution < 1.29 is 26.5 Å². The number of halogens is 3. The molecule has 2 rings (SSSR count). The van der Waals surface area contributed by atoms with E-state index in [1.165, 1.54) is 0 Å². The second kappa shape index (κ2) is 7.00. The number of nitrogens with one attached hydrogen (secondary N) is 1. The highest BCUT2D eigenvalue weighted by Gasteiger charge is 2.41. The summed E-state index contributed by atoms with van der Waals surface area (Å²) in [6, 6.07) is 1.45. The standard InChI is InChI=1S/C14H13F3N4O4S/c1-2-3-6-13(19-20-13)7-8-18-26(24,25)12-5-4-10(21(22)23)9-11(12)14(15,16)17/h1,4-5,9,18H,3,6-8H2. The van der Waals surface area contributed by atoms with Gasteiger partial charge in [0.25, 0.3) is 5.69 Å². The second-order valence-corrected chi connectivity index (χ2v) is 7.21. The maximum atomic E-state index is 13.1. The summed E-state index contributed by atoms with van der Waals surface area (Å²) < 4.78 is 65.9. The lowest BCUT2D eigenvalue weighted by Crippen LogP contribution is -2.30. The maximum absolute atomic E-state index is 13.1. The molecule has 1 aliphatic heterocycles. The fourth-order valence-electron chi connectivity index (χ4n) is 2.22. The van der Waals surface area contributed by atoms with Crippen LogP contribution in [0.5, 0.6) is 0 Å². The third-order valence-corrected chi connectivity index (χ3v) is 5.16. The van der Waals surface area contributed by atoms with E-state index in [4.69, 9.17) is 6.42 Å². The monoisotopic (exact) mass is 390 g/mol. The topological polar surface area (TPSA) is 114 Å². The molecular formula is C14H13F3N4O4S. The largest absolute Gasteiger partial charge is 0.417 e. The lowest BCUT2D eigenvalue weighted by atomic mass is 10.1. The first kappa shape index (κ1) is 19.8. The zero-order valence-corrected chi connectivity index (χ0v) is 14.0. The van der Waals surface area contributed by atoms with Gasteiger partial charge in [-0.1, -0.05) is 0 Å². The average Bonchev–Trinajstić information content (AvgIpc) is 3.31. The van der Waals surface area contributed by atoms with Crippen LogP contribution < -0.4 is 4.72 Å². The number of rotatable bonds is 8. The molecule has 0 aromatic heterocycles. The van der Waals surface area contributed by atoms with Crippen molar-refractivity contribution in [2.75, 3.05) is 6.54 Å². The number of sulfonamides is 1. The summed E-state index contributed by atoms with van der Waals surface area (Å²) in [5, 5.41) is 18.2. The Balaban J connectivity index is 2.18. The SMILES string of the molecule is C#CCCC1(CCNS(=O)(=O)c2ccc([N+](=O)[O-])cc2C(F)(F)F)N=N1. The highest BCUT2D eigenvalue weighted by atomic mass is 32.2. The predicted octanol–water partition coefficient (Wildman–Crippen LogP) is 2.86. The first-order valence-corrected chi connectivity index (χ1v) is 8.72. The Morgan fingerprint density at radius 1 is 1.31 bits per heavy atom.